The summed E-state index contributed by atoms with van der Waals surface area (Å²) in [6.45, 7) is 0. The number of aliphatic imine (C=N–C) groups is 1. The van der Waals surface area contributed by atoms with E-state index in [1.165, 1.54) is 5.56 Å². The molecule has 2 aromatic carbocycles. The molecule has 0 unspecified atom stereocenters. The van der Waals surface area contributed by atoms with Crippen LogP contribution in [0.1, 0.15) is 5.56 Å². The van der Waals surface area contributed by atoms with Crippen LogP contribution in [0.5, 0.6) is 0 Å². The zero-order valence-electron chi connectivity index (χ0n) is 13.7. The SMILES string of the molecule is O=S1(=O)C[C@@H]2[C@@H](C1)N=C(SCc1ccc(Br)cc1)N2c1ccc(Cl)cc1. The number of anilines is 1. The van der Waals surface area contributed by atoms with Gasteiger partial charge in [0.05, 0.1) is 23.6 Å². The highest BCUT2D eigenvalue weighted by Gasteiger charge is 2.47. The Morgan fingerprint density at radius 3 is 2.50 bits per heavy atom. The van der Waals surface area contributed by atoms with Crippen LogP contribution in [0.4, 0.5) is 5.69 Å². The van der Waals surface area contributed by atoms with Gasteiger partial charge in [-0.25, -0.2) is 8.42 Å². The van der Waals surface area contributed by atoms with Gasteiger partial charge in [0.2, 0.25) is 0 Å². The van der Waals surface area contributed by atoms with Crippen LogP contribution in [-0.2, 0) is 15.6 Å². The van der Waals surface area contributed by atoms with E-state index < -0.39 is 9.84 Å². The van der Waals surface area contributed by atoms with Crippen molar-refractivity contribution in [2.24, 2.45) is 4.99 Å². The number of fused-ring (bicyclic) bond motifs is 1. The van der Waals surface area contributed by atoms with E-state index in [9.17, 15) is 8.42 Å². The van der Waals surface area contributed by atoms with E-state index >= 15 is 0 Å². The number of benzene rings is 2. The molecule has 26 heavy (non-hydrogen) atoms. The molecule has 0 N–H and O–H groups in total. The molecule has 2 aromatic rings. The summed E-state index contributed by atoms with van der Waals surface area (Å²) in [6.07, 6.45) is 0. The van der Waals surface area contributed by atoms with Crippen LogP contribution >= 0.6 is 39.3 Å². The standard InChI is InChI=1S/C18H16BrClN2O2S2/c19-13-3-1-12(2-4-13)9-25-18-21-16-10-26(23,24)11-17(16)22(18)15-7-5-14(20)6-8-15/h1-8,16-17H,9-11H2/t16-,17-/m1/s1. The summed E-state index contributed by atoms with van der Waals surface area (Å²) in [5.74, 6) is 1.05. The molecule has 0 spiro atoms. The lowest BCUT2D eigenvalue weighted by molar-refractivity contribution is 0.601. The topological polar surface area (TPSA) is 49.7 Å². The number of nitrogens with zero attached hydrogens (tertiary/aromatic N) is 2. The van der Waals surface area contributed by atoms with E-state index in [-0.39, 0.29) is 23.6 Å². The predicted molar refractivity (Wildman–Crippen MR) is 113 cm³/mol. The maximum absolute atomic E-state index is 12.1. The van der Waals surface area contributed by atoms with Crippen LogP contribution < -0.4 is 4.90 Å². The number of rotatable bonds is 3. The van der Waals surface area contributed by atoms with E-state index in [1.807, 2.05) is 36.4 Å². The lowest BCUT2D eigenvalue weighted by atomic mass is 10.1. The molecule has 0 saturated carbocycles. The van der Waals surface area contributed by atoms with Gasteiger partial charge >= 0.3 is 0 Å². The summed E-state index contributed by atoms with van der Waals surface area (Å²) >= 11 is 11.1. The van der Waals surface area contributed by atoms with Gasteiger partial charge in [0.1, 0.15) is 0 Å². The molecule has 1 fully saturated rings. The van der Waals surface area contributed by atoms with Gasteiger partial charge in [-0.15, -0.1) is 0 Å². The third kappa shape index (κ3) is 3.81. The molecular formula is C18H16BrClN2O2S2. The Morgan fingerprint density at radius 2 is 1.81 bits per heavy atom. The first-order valence-corrected chi connectivity index (χ1v) is 12.1. The zero-order valence-corrected chi connectivity index (χ0v) is 17.7. The number of sulfone groups is 1. The maximum Gasteiger partial charge on any atom is 0.164 e. The van der Waals surface area contributed by atoms with Crippen molar-refractivity contribution in [2.45, 2.75) is 17.8 Å². The minimum absolute atomic E-state index is 0.129. The van der Waals surface area contributed by atoms with Crippen LogP contribution in [0.15, 0.2) is 58.0 Å². The Kier molecular flexibility index (Phi) is 5.07. The summed E-state index contributed by atoms with van der Waals surface area (Å²) in [5.41, 5.74) is 2.13. The molecule has 0 aromatic heterocycles. The van der Waals surface area contributed by atoms with Gasteiger partial charge in [-0.3, -0.25) is 4.99 Å². The van der Waals surface area contributed by atoms with Crippen molar-refractivity contribution in [2.75, 3.05) is 16.4 Å². The van der Waals surface area contributed by atoms with Crippen molar-refractivity contribution >= 4 is 60.0 Å². The Balaban J connectivity index is 1.60. The molecule has 0 bridgehead atoms. The molecule has 4 nitrogen and oxygen atoms in total. The van der Waals surface area contributed by atoms with E-state index in [2.05, 4.69) is 33.0 Å². The van der Waals surface area contributed by atoms with Crippen molar-refractivity contribution in [3.8, 4) is 0 Å². The minimum atomic E-state index is -3.04. The lowest BCUT2D eigenvalue weighted by Gasteiger charge is -2.26. The van der Waals surface area contributed by atoms with Crippen LogP contribution in [-0.4, -0.2) is 37.2 Å². The molecule has 0 amide bonds. The van der Waals surface area contributed by atoms with Crippen molar-refractivity contribution < 1.29 is 8.42 Å². The first-order valence-electron chi connectivity index (χ1n) is 8.11. The average molecular weight is 472 g/mol. The van der Waals surface area contributed by atoms with E-state index in [4.69, 9.17) is 16.6 Å². The molecular weight excluding hydrogens is 456 g/mol. The Labute approximate surface area is 170 Å². The van der Waals surface area contributed by atoms with E-state index in [0.29, 0.717) is 5.02 Å². The molecule has 0 radical (unpaired) electrons. The minimum Gasteiger partial charge on any atom is -0.315 e. The average Bonchev–Trinajstić information content (AvgIpc) is 3.06. The largest absolute Gasteiger partial charge is 0.315 e. The Hall–Kier alpha value is -1.02. The first kappa shape index (κ1) is 18.3. The highest BCUT2D eigenvalue weighted by Crippen LogP contribution is 2.36. The number of halogens is 2. The Morgan fingerprint density at radius 1 is 1.12 bits per heavy atom. The monoisotopic (exact) mass is 470 g/mol. The Bertz CT molecular complexity index is 946. The van der Waals surface area contributed by atoms with E-state index in [0.717, 1.165) is 21.1 Å². The second kappa shape index (κ2) is 7.19. The van der Waals surface area contributed by atoms with Gasteiger partial charge < -0.3 is 4.90 Å². The molecule has 0 aliphatic carbocycles. The zero-order chi connectivity index (χ0) is 18.3. The molecule has 136 valence electrons. The molecule has 2 aliphatic heterocycles. The fourth-order valence-corrected chi connectivity index (χ4v) is 6.58. The smallest absolute Gasteiger partial charge is 0.164 e. The molecule has 2 aliphatic rings. The van der Waals surface area contributed by atoms with Gasteiger partial charge in [0, 0.05) is 20.9 Å². The molecule has 8 heteroatoms. The normalized spacial score (nSPS) is 23.8. The summed E-state index contributed by atoms with van der Waals surface area (Å²) < 4.78 is 25.2. The molecule has 1 saturated heterocycles. The van der Waals surface area contributed by atoms with E-state index in [1.54, 1.807) is 11.8 Å². The van der Waals surface area contributed by atoms with Crippen LogP contribution in [0.3, 0.4) is 0 Å². The number of hydrogen-bond acceptors (Lipinski definition) is 5. The summed E-state index contributed by atoms with van der Waals surface area (Å²) in [5, 5.41) is 1.53. The van der Waals surface area contributed by atoms with Gasteiger partial charge in [0.15, 0.2) is 15.0 Å². The molecule has 4 rings (SSSR count). The molecule has 2 heterocycles. The second-order valence-corrected chi connectivity index (χ2v) is 10.8. The quantitative estimate of drug-likeness (QED) is 0.667. The van der Waals surface area contributed by atoms with Gasteiger partial charge in [-0.1, -0.05) is 51.4 Å². The predicted octanol–water partition coefficient (Wildman–Crippen LogP) is 4.38. The fourth-order valence-electron chi connectivity index (χ4n) is 3.27. The van der Waals surface area contributed by atoms with Crippen molar-refractivity contribution in [3.63, 3.8) is 0 Å². The summed E-state index contributed by atoms with van der Waals surface area (Å²) in [6, 6.07) is 15.4. The van der Waals surface area contributed by atoms with Crippen molar-refractivity contribution in [1.29, 1.82) is 0 Å². The lowest BCUT2D eigenvalue weighted by Crippen LogP contribution is -2.39. The van der Waals surface area contributed by atoms with Crippen molar-refractivity contribution in [3.05, 3.63) is 63.6 Å². The third-order valence-electron chi connectivity index (χ3n) is 4.49. The number of hydrogen-bond donors (Lipinski definition) is 0. The van der Waals surface area contributed by atoms with Gasteiger partial charge in [-0.2, -0.15) is 0 Å². The fraction of sp³-hybridized carbons (Fsp3) is 0.278. The summed E-state index contributed by atoms with van der Waals surface area (Å²) in [7, 11) is -3.04. The van der Waals surface area contributed by atoms with Crippen LogP contribution in [0, 0.1) is 0 Å². The van der Waals surface area contributed by atoms with Gasteiger partial charge in [-0.05, 0) is 42.0 Å². The summed E-state index contributed by atoms with van der Waals surface area (Å²) in [4.78, 5) is 6.81. The van der Waals surface area contributed by atoms with Crippen molar-refractivity contribution in [1.82, 2.24) is 0 Å². The molecule has 2 atom stereocenters. The highest BCUT2D eigenvalue weighted by molar-refractivity contribution is 9.10. The highest BCUT2D eigenvalue weighted by atomic mass is 79.9. The van der Waals surface area contributed by atoms with Crippen LogP contribution in [0.2, 0.25) is 5.02 Å². The third-order valence-corrected chi connectivity index (χ3v) is 8.01. The first-order chi connectivity index (χ1) is 12.4. The van der Waals surface area contributed by atoms with Crippen LogP contribution in [0.25, 0.3) is 0 Å². The second-order valence-electron chi connectivity index (χ2n) is 6.38. The number of amidine groups is 1. The number of thioether (sulfide) groups is 1. The maximum atomic E-state index is 12.1. The van der Waals surface area contributed by atoms with Gasteiger partial charge in [0.25, 0.3) is 0 Å².